The lowest BCUT2D eigenvalue weighted by Crippen LogP contribution is -2.42. The Bertz CT molecular complexity index is 755. The Hall–Kier alpha value is -2.60. The molecule has 144 valence electrons. The molecule has 1 aromatic heterocycles. The molecule has 1 aliphatic rings. The van der Waals surface area contributed by atoms with Crippen LogP contribution in [-0.4, -0.2) is 66.3 Å². The van der Waals surface area contributed by atoms with Gasteiger partial charge in [0.1, 0.15) is 0 Å². The molecule has 3 rings (SSSR count). The average Bonchev–Trinajstić information content (AvgIpc) is 3.09. The predicted octanol–water partition coefficient (Wildman–Crippen LogP) is 2.39. The normalized spacial score (nSPS) is 15.4. The molecule has 2 aromatic rings. The number of aryl methyl sites for hydroxylation is 1. The number of nitrogens with zero attached hydrogens (tertiary/aromatic N) is 3. The monoisotopic (exact) mass is 369 g/mol. The number of benzene rings is 1. The Morgan fingerprint density at radius 3 is 2.56 bits per heavy atom. The third kappa shape index (κ3) is 5.20. The van der Waals surface area contributed by atoms with Crippen molar-refractivity contribution in [3.8, 4) is 0 Å². The van der Waals surface area contributed by atoms with E-state index in [4.69, 9.17) is 4.42 Å². The van der Waals surface area contributed by atoms with Crippen molar-refractivity contribution in [2.45, 2.75) is 19.9 Å². The zero-order chi connectivity index (χ0) is 19.2. The van der Waals surface area contributed by atoms with Crippen LogP contribution in [0.4, 0.5) is 0 Å². The van der Waals surface area contributed by atoms with E-state index in [0.29, 0.717) is 6.54 Å². The summed E-state index contributed by atoms with van der Waals surface area (Å²) in [6.07, 6.45) is 2.40. The quantitative estimate of drug-likeness (QED) is 0.812. The van der Waals surface area contributed by atoms with Crippen LogP contribution in [0.1, 0.15) is 28.1 Å². The minimum Gasteiger partial charge on any atom is -0.459 e. The zero-order valence-electron chi connectivity index (χ0n) is 16.1. The lowest BCUT2D eigenvalue weighted by Gasteiger charge is -2.24. The molecular formula is C21H27N3O3. The van der Waals surface area contributed by atoms with Crippen molar-refractivity contribution < 1.29 is 14.0 Å². The van der Waals surface area contributed by atoms with Crippen LogP contribution in [0.25, 0.3) is 0 Å². The van der Waals surface area contributed by atoms with Crippen molar-refractivity contribution in [3.63, 3.8) is 0 Å². The fraction of sp³-hybridized carbons (Fsp3) is 0.429. The highest BCUT2D eigenvalue weighted by atomic mass is 16.3. The number of hydrogen-bond acceptors (Lipinski definition) is 4. The molecule has 0 saturated carbocycles. The number of furan rings is 1. The van der Waals surface area contributed by atoms with Gasteiger partial charge in [0.25, 0.3) is 5.91 Å². The summed E-state index contributed by atoms with van der Waals surface area (Å²) in [6.45, 7) is 6.29. The van der Waals surface area contributed by atoms with Gasteiger partial charge in [0.15, 0.2) is 5.76 Å². The molecule has 6 heteroatoms. The second kappa shape index (κ2) is 8.86. The minimum absolute atomic E-state index is 0.0189. The molecule has 1 aliphatic heterocycles. The summed E-state index contributed by atoms with van der Waals surface area (Å²) < 4.78 is 5.12. The van der Waals surface area contributed by atoms with Gasteiger partial charge < -0.3 is 14.2 Å². The molecule has 0 radical (unpaired) electrons. The Balaban J connectivity index is 1.50. The summed E-state index contributed by atoms with van der Waals surface area (Å²) in [5.41, 5.74) is 2.56. The molecule has 1 saturated heterocycles. The SMILES string of the molecule is Cc1ccc(CN2CCCN(C(=O)CN(C)C(=O)c3ccco3)CC2)cc1. The number of carbonyl (C=O) groups is 2. The van der Waals surface area contributed by atoms with Gasteiger partial charge in [0, 0.05) is 39.8 Å². The molecule has 0 bridgehead atoms. The van der Waals surface area contributed by atoms with E-state index < -0.39 is 0 Å². The molecule has 0 spiro atoms. The number of carbonyl (C=O) groups excluding carboxylic acids is 2. The van der Waals surface area contributed by atoms with Crippen LogP contribution in [0.15, 0.2) is 47.1 Å². The van der Waals surface area contributed by atoms with Crippen LogP contribution in [0, 0.1) is 6.92 Å². The van der Waals surface area contributed by atoms with Gasteiger partial charge in [-0.25, -0.2) is 0 Å². The van der Waals surface area contributed by atoms with Crippen molar-refractivity contribution >= 4 is 11.8 Å². The van der Waals surface area contributed by atoms with Gasteiger partial charge in [-0.05, 0) is 31.0 Å². The molecule has 0 aliphatic carbocycles. The second-order valence-corrected chi connectivity index (χ2v) is 7.13. The molecular weight excluding hydrogens is 342 g/mol. The average molecular weight is 369 g/mol. The molecule has 0 unspecified atom stereocenters. The van der Waals surface area contributed by atoms with Crippen LogP contribution < -0.4 is 0 Å². The highest BCUT2D eigenvalue weighted by molar-refractivity contribution is 5.94. The zero-order valence-corrected chi connectivity index (χ0v) is 16.1. The maximum Gasteiger partial charge on any atom is 0.289 e. The number of amides is 2. The standard InChI is InChI=1S/C21H27N3O3/c1-17-6-8-18(9-7-17)15-23-10-4-11-24(13-12-23)20(25)16-22(2)21(26)19-5-3-14-27-19/h3,5-9,14H,4,10-13,15-16H2,1-2H3. The van der Waals surface area contributed by atoms with Crippen molar-refractivity contribution in [1.82, 2.24) is 14.7 Å². The van der Waals surface area contributed by atoms with Crippen LogP contribution >= 0.6 is 0 Å². The summed E-state index contributed by atoms with van der Waals surface area (Å²) in [7, 11) is 1.63. The van der Waals surface area contributed by atoms with Gasteiger partial charge in [0.2, 0.25) is 5.91 Å². The summed E-state index contributed by atoms with van der Waals surface area (Å²) in [5.74, 6) is -0.0378. The van der Waals surface area contributed by atoms with E-state index in [0.717, 1.165) is 32.6 Å². The first-order valence-electron chi connectivity index (χ1n) is 9.37. The fourth-order valence-corrected chi connectivity index (χ4v) is 3.29. The van der Waals surface area contributed by atoms with Crippen molar-refractivity contribution in [2.75, 3.05) is 39.8 Å². The van der Waals surface area contributed by atoms with Gasteiger partial charge in [0.05, 0.1) is 12.8 Å². The Morgan fingerprint density at radius 2 is 1.85 bits per heavy atom. The molecule has 0 atom stereocenters. The second-order valence-electron chi connectivity index (χ2n) is 7.13. The first kappa shape index (κ1) is 19.2. The largest absolute Gasteiger partial charge is 0.459 e. The third-order valence-electron chi connectivity index (χ3n) is 4.92. The van der Waals surface area contributed by atoms with E-state index in [-0.39, 0.29) is 24.1 Å². The first-order valence-corrected chi connectivity index (χ1v) is 9.37. The lowest BCUT2D eigenvalue weighted by molar-refractivity contribution is -0.131. The third-order valence-corrected chi connectivity index (χ3v) is 4.92. The van der Waals surface area contributed by atoms with Crippen LogP contribution in [0.3, 0.4) is 0 Å². The molecule has 2 amide bonds. The van der Waals surface area contributed by atoms with Crippen LogP contribution in [0.2, 0.25) is 0 Å². The number of hydrogen-bond donors (Lipinski definition) is 0. The van der Waals surface area contributed by atoms with Gasteiger partial charge >= 0.3 is 0 Å². The number of likely N-dealkylation sites (N-methyl/N-ethyl adjacent to an activating group) is 1. The van der Waals surface area contributed by atoms with Crippen molar-refractivity contribution in [1.29, 1.82) is 0 Å². The Labute approximate surface area is 160 Å². The Morgan fingerprint density at radius 1 is 1.07 bits per heavy atom. The van der Waals surface area contributed by atoms with Crippen molar-refractivity contribution in [2.24, 2.45) is 0 Å². The molecule has 2 heterocycles. The van der Waals surface area contributed by atoms with Gasteiger partial charge in [-0.2, -0.15) is 0 Å². The van der Waals surface area contributed by atoms with Crippen LogP contribution in [0.5, 0.6) is 0 Å². The van der Waals surface area contributed by atoms with Gasteiger partial charge in [-0.3, -0.25) is 14.5 Å². The molecule has 0 N–H and O–H groups in total. The first-order chi connectivity index (χ1) is 13.0. The molecule has 6 nitrogen and oxygen atoms in total. The van der Waals surface area contributed by atoms with E-state index >= 15 is 0 Å². The summed E-state index contributed by atoms with van der Waals surface area (Å²) in [6, 6.07) is 11.9. The molecule has 1 aromatic carbocycles. The van der Waals surface area contributed by atoms with Gasteiger partial charge in [-0.15, -0.1) is 0 Å². The summed E-state index contributed by atoms with van der Waals surface area (Å²) in [4.78, 5) is 30.5. The maximum absolute atomic E-state index is 12.6. The van der Waals surface area contributed by atoms with Crippen molar-refractivity contribution in [3.05, 3.63) is 59.5 Å². The smallest absolute Gasteiger partial charge is 0.289 e. The van der Waals surface area contributed by atoms with E-state index in [1.54, 1.807) is 19.2 Å². The molecule has 1 fully saturated rings. The van der Waals surface area contributed by atoms with E-state index in [2.05, 4.69) is 36.1 Å². The highest BCUT2D eigenvalue weighted by Gasteiger charge is 2.23. The van der Waals surface area contributed by atoms with Gasteiger partial charge in [-0.1, -0.05) is 29.8 Å². The van der Waals surface area contributed by atoms with E-state index in [9.17, 15) is 9.59 Å². The topological polar surface area (TPSA) is 57.0 Å². The van der Waals surface area contributed by atoms with E-state index in [1.165, 1.54) is 22.3 Å². The van der Waals surface area contributed by atoms with Crippen LogP contribution in [-0.2, 0) is 11.3 Å². The number of rotatable bonds is 5. The van der Waals surface area contributed by atoms with E-state index in [1.807, 2.05) is 4.90 Å². The molecule has 27 heavy (non-hydrogen) atoms. The maximum atomic E-state index is 12.6. The fourth-order valence-electron chi connectivity index (χ4n) is 3.29. The predicted molar refractivity (Wildman–Crippen MR) is 103 cm³/mol. The highest BCUT2D eigenvalue weighted by Crippen LogP contribution is 2.11. The lowest BCUT2D eigenvalue weighted by atomic mass is 10.1. The minimum atomic E-state index is -0.274. The Kier molecular flexibility index (Phi) is 6.29. The summed E-state index contributed by atoms with van der Waals surface area (Å²) in [5, 5.41) is 0. The summed E-state index contributed by atoms with van der Waals surface area (Å²) >= 11 is 0.